The first-order valence-corrected chi connectivity index (χ1v) is 6.71. The second-order valence-electron chi connectivity index (χ2n) is 4.01. The molecule has 1 atom stereocenters. The number of hydrogen-bond donors (Lipinski definition) is 1. The van der Waals surface area contributed by atoms with E-state index in [1.165, 1.54) is 0 Å². The molecular formula is C14H12Cl3NO. The van der Waals surface area contributed by atoms with E-state index in [0.29, 0.717) is 20.8 Å². The van der Waals surface area contributed by atoms with Crippen molar-refractivity contribution in [3.05, 3.63) is 62.6 Å². The van der Waals surface area contributed by atoms with Crippen LogP contribution in [0.15, 0.2) is 36.4 Å². The number of rotatable bonds is 3. The Labute approximate surface area is 127 Å². The highest BCUT2D eigenvalue weighted by molar-refractivity contribution is 6.42. The maximum Gasteiger partial charge on any atom is 0.124 e. The predicted octanol–water partition coefficient (Wildman–Crippen LogP) is 4.70. The minimum Gasteiger partial charge on any atom is -0.496 e. The fourth-order valence-corrected chi connectivity index (χ4v) is 2.48. The summed E-state index contributed by atoms with van der Waals surface area (Å²) >= 11 is 18.2. The van der Waals surface area contributed by atoms with Gasteiger partial charge in [0.05, 0.1) is 23.2 Å². The van der Waals surface area contributed by atoms with Crippen LogP contribution >= 0.6 is 34.8 Å². The zero-order valence-corrected chi connectivity index (χ0v) is 12.4. The van der Waals surface area contributed by atoms with E-state index in [1.807, 2.05) is 6.07 Å². The second-order valence-corrected chi connectivity index (χ2v) is 5.23. The quantitative estimate of drug-likeness (QED) is 0.890. The highest BCUT2D eigenvalue weighted by atomic mass is 35.5. The molecule has 0 fully saturated rings. The Morgan fingerprint density at radius 2 is 1.79 bits per heavy atom. The van der Waals surface area contributed by atoms with E-state index >= 15 is 0 Å². The van der Waals surface area contributed by atoms with Crippen LogP contribution in [-0.4, -0.2) is 7.11 Å². The van der Waals surface area contributed by atoms with Gasteiger partial charge in [-0.1, -0.05) is 46.9 Å². The van der Waals surface area contributed by atoms with Crippen molar-refractivity contribution in [2.24, 2.45) is 5.73 Å². The van der Waals surface area contributed by atoms with E-state index in [4.69, 9.17) is 45.3 Å². The predicted molar refractivity (Wildman–Crippen MR) is 80.5 cm³/mol. The minimum absolute atomic E-state index is 0.443. The highest BCUT2D eigenvalue weighted by Gasteiger charge is 2.18. The molecule has 0 amide bonds. The van der Waals surface area contributed by atoms with Gasteiger partial charge in [-0.25, -0.2) is 0 Å². The lowest BCUT2D eigenvalue weighted by Gasteiger charge is -2.18. The van der Waals surface area contributed by atoms with E-state index in [1.54, 1.807) is 37.4 Å². The molecule has 100 valence electrons. The normalized spacial score (nSPS) is 12.3. The summed E-state index contributed by atoms with van der Waals surface area (Å²) < 4.78 is 5.30. The summed E-state index contributed by atoms with van der Waals surface area (Å²) in [5.74, 6) is 0.660. The van der Waals surface area contributed by atoms with Crippen LogP contribution in [0.5, 0.6) is 5.75 Å². The van der Waals surface area contributed by atoms with Crippen molar-refractivity contribution in [3.63, 3.8) is 0 Å². The Morgan fingerprint density at radius 3 is 2.47 bits per heavy atom. The van der Waals surface area contributed by atoms with Gasteiger partial charge in [-0.15, -0.1) is 0 Å². The Bertz CT molecular complexity index is 601. The first kappa shape index (κ1) is 14.5. The average molecular weight is 317 g/mol. The molecule has 2 nitrogen and oxygen atoms in total. The molecule has 5 heteroatoms. The smallest absolute Gasteiger partial charge is 0.124 e. The van der Waals surface area contributed by atoms with E-state index < -0.39 is 6.04 Å². The Balaban J connectivity index is 2.52. The van der Waals surface area contributed by atoms with Crippen molar-refractivity contribution >= 4 is 34.8 Å². The van der Waals surface area contributed by atoms with Crippen LogP contribution in [0.4, 0.5) is 0 Å². The van der Waals surface area contributed by atoms with Crippen molar-refractivity contribution in [2.75, 3.05) is 7.11 Å². The summed E-state index contributed by atoms with van der Waals surface area (Å²) in [5.41, 5.74) is 7.74. The molecule has 0 aromatic heterocycles. The van der Waals surface area contributed by atoms with Gasteiger partial charge in [0.15, 0.2) is 0 Å². The maximum atomic E-state index is 6.25. The molecule has 19 heavy (non-hydrogen) atoms. The van der Waals surface area contributed by atoms with E-state index in [2.05, 4.69) is 0 Å². The van der Waals surface area contributed by atoms with Gasteiger partial charge in [-0.3, -0.25) is 0 Å². The highest BCUT2D eigenvalue weighted by Crippen LogP contribution is 2.36. The van der Waals surface area contributed by atoms with Crippen molar-refractivity contribution in [3.8, 4) is 5.75 Å². The van der Waals surface area contributed by atoms with Gasteiger partial charge in [0.2, 0.25) is 0 Å². The molecular weight excluding hydrogens is 305 g/mol. The standard InChI is InChI=1S/C14H12Cl3NO/c1-19-12-6-5-8(15)7-10(12)14(18)9-3-2-4-11(16)13(9)17/h2-7,14H,18H2,1H3. The summed E-state index contributed by atoms with van der Waals surface area (Å²) in [5, 5.41) is 1.50. The maximum absolute atomic E-state index is 6.25. The lowest BCUT2D eigenvalue weighted by Crippen LogP contribution is -2.13. The van der Waals surface area contributed by atoms with Crippen molar-refractivity contribution in [1.29, 1.82) is 0 Å². The number of hydrogen-bond acceptors (Lipinski definition) is 2. The van der Waals surface area contributed by atoms with Crippen LogP contribution in [0.25, 0.3) is 0 Å². The van der Waals surface area contributed by atoms with Crippen LogP contribution in [0.2, 0.25) is 15.1 Å². The lowest BCUT2D eigenvalue weighted by atomic mass is 9.98. The molecule has 2 aromatic rings. The van der Waals surface area contributed by atoms with E-state index in [-0.39, 0.29) is 0 Å². The molecule has 0 spiro atoms. The zero-order chi connectivity index (χ0) is 14.0. The number of nitrogens with two attached hydrogens (primary N) is 1. The molecule has 1 unspecified atom stereocenters. The molecule has 2 aromatic carbocycles. The number of methoxy groups -OCH3 is 1. The number of ether oxygens (including phenoxy) is 1. The van der Waals surface area contributed by atoms with E-state index in [0.717, 1.165) is 11.1 Å². The van der Waals surface area contributed by atoms with Crippen molar-refractivity contribution in [1.82, 2.24) is 0 Å². The average Bonchev–Trinajstić information content (AvgIpc) is 2.41. The zero-order valence-electron chi connectivity index (χ0n) is 10.2. The minimum atomic E-state index is -0.458. The van der Waals surface area contributed by atoms with Crippen LogP contribution in [0.3, 0.4) is 0 Å². The number of halogens is 3. The second kappa shape index (κ2) is 6.02. The van der Waals surface area contributed by atoms with Gasteiger partial charge in [0, 0.05) is 10.6 Å². The van der Waals surface area contributed by atoms with Crippen LogP contribution < -0.4 is 10.5 Å². The summed E-state index contributed by atoms with van der Waals surface area (Å²) in [4.78, 5) is 0. The molecule has 0 aliphatic rings. The van der Waals surface area contributed by atoms with Gasteiger partial charge >= 0.3 is 0 Å². The SMILES string of the molecule is COc1ccc(Cl)cc1C(N)c1cccc(Cl)c1Cl. The molecule has 0 aliphatic carbocycles. The van der Waals surface area contributed by atoms with Gasteiger partial charge in [-0.2, -0.15) is 0 Å². The molecule has 2 rings (SSSR count). The summed E-state index contributed by atoms with van der Waals surface area (Å²) in [6.07, 6.45) is 0. The molecule has 0 saturated heterocycles. The lowest BCUT2D eigenvalue weighted by molar-refractivity contribution is 0.408. The topological polar surface area (TPSA) is 35.2 Å². The van der Waals surface area contributed by atoms with Crippen LogP contribution in [0.1, 0.15) is 17.2 Å². The van der Waals surface area contributed by atoms with Gasteiger partial charge < -0.3 is 10.5 Å². The fourth-order valence-electron chi connectivity index (χ4n) is 1.88. The molecule has 2 N–H and O–H groups in total. The molecule has 0 heterocycles. The number of benzene rings is 2. The molecule has 0 saturated carbocycles. The van der Waals surface area contributed by atoms with Crippen LogP contribution in [-0.2, 0) is 0 Å². The summed E-state index contributed by atoms with van der Waals surface area (Å²) in [6.45, 7) is 0. The van der Waals surface area contributed by atoms with Crippen LogP contribution in [0, 0.1) is 0 Å². The van der Waals surface area contributed by atoms with E-state index in [9.17, 15) is 0 Å². The third-order valence-electron chi connectivity index (χ3n) is 2.84. The molecule has 0 aliphatic heterocycles. The van der Waals surface area contributed by atoms with Gasteiger partial charge in [0.25, 0.3) is 0 Å². The monoisotopic (exact) mass is 315 g/mol. The fraction of sp³-hybridized carbons (Fsp3) is 0.143. The Morgan fingerprint density at radius 1 is 1.05 bits per heavy atom. The van der Waals surface area contributed by atoms with Crippen molar-refractivity contribution in [2.45, 2.75) is 6.04 Å². The van der Waals surface area contributed by atoms with Gasteiger partial charge in [0.1, 0.15) is 5.75 Å². The largest absolute Gasteiger partial charge is 0.496 e. The summed E-state index contributed by atoms with van der Waals surface area (Å²) in [7, 11) is 1.58. The third kappa shape index (κ3) is 2.98. The Kier molecular flexibility index (Phi) is 4.58. The first-order valence-electron chi connectivity index (χ1n) is 5.57. The first-order chi connectivity index (χ1) is 9.04. The van der Waals surface area contributed by atoms with Gasteiger partial charge in [-0.05, 0) is 29.8 Å². The molecule has 0 radical (unpaired) electrons. The molecule has 0 bridgehead atoms. The summed E-state index contributed by atoms with van der Waals surface area (Å²) in [6, 6.07) is 10.2. The third-order valence-corrected chi connectivity index (χ3v) is 3.91. The van der Waals surface area contributed by atoms with Crippen molar-refractivity contribution < 1.29 is 4.74 Å². The Hall–Kier alpha value is -0.930.